The maximum Gasteiger partial charge on any atom is -0.0417 e. The summed E-state index contributed by atoms with van der Waals surface area (Å²) >= 11 is 0. The van der Waals surface area contributed by atoms with Gasteiger partial charge in [0.1, 0.15) is 0 Å². The predicted molar refractivity (Wildman–Crippen MR) is 122 cm³/mol. The summed E-state index contributed by atoms with van der Waals surface area (Å²) in [4.78, 5) is 0. The van der Waals surface area contributed by atoms with Gasteiger partial charge in [-0.05, 0) is 5.92 Å². The molecule has 0 fully saturated rings. The van der Waals surface area contributed by atoms with E-state index in [0.717, 1.165) is 12.3 Å². The Balaban J connectivity index is 3.11. The number of hydrogen-bond donors (Lipinski definition) is 0. The van der Waals surface area contributed by atoms with Gasteiger partial charge in [-0.1, -0.05) is 162 Å². The SMILES string of the molecule is [CH2]CCCC(CC)CCCCCCCCCCCCCCCCCCC. The van der Waals surface area contributed by atoms with Crippen LogP contribution in [0.1, 0.15) is 155 Å². The van der Waals surface area contributed by atoms with E-state index < -0.39 is 0 Å². The second kappa shape index (κ2) is 23.0. The van der Waals surface area contributed by atoms with E-state index in [2.05, 4.69) is 20.8 Å². The van der Waals surface area contributed by atoms with Gasteiger partial charge in [-0.15, -0.1) is 0 Å². The zero-order chi connectivity index (χ0) is 19.1. The zero-order valence-corrected chi connectivity index (χ0v) is 18.8. The van der Waals surface area contributed by atoms with Crippen molar-refractivity contribution in [3.63, 3.8) is 0 Å². The van der Waals surface area contributed by atoms with Gasteiger partial charge < -0.3 is 0 Å². The molecule has 0 bridgehead atoms. The minimum Gasteiger partial charge on any atom is -0.0654 e. The Kier molecular flexibility index (Phi) is 23.0. The zero-order valence-electron chi connectivity index (χ0n) is 18.8. The van der Waals surface area contributed by atoms with Crippen molar-refractivity contribution >= 4 is 0 Å². The van der Waals surface area contributed by atoms with Crippen LogP contribution in [0.3, 0.4) is 0 Å². The molecule has 1 atom stereocenters. The Morgan fingerprint density at radius 3 is 1.15 bits per heavy atom. The number of hydrogen-bond acceptors (Lipinski definition) is 0. The first-order valence-corrected chi connectivity index (χ1v) is 12.6. The fraction of sp³-hybridized carbons (Fsp3) is 0.962. The summed E-state index contributed by atoms with van der Waals surface area (Å²) in [5.41, 5.74) is 0. The number of unbranched alkanes of at least 4 members (excludes halogenated alkanes) is 17. The largest absolute Gasteiger partial charge is 0.0654 e. The van der Waals surface area contributed by atoms with E-state index in [1.54, 1.807) is 0 Å². The summed E-state index contributed by atoms with van der Waals surface area (Å²) in [5, 5.41) is 0. The molecule has 0 rings (SSSR count). The summed E-state index contributed by atoms with van der Waals surface area (Å²) in [6, 6.07) is 0. The average Bonchev–Trinajstić information content (AvgIpc) is 2.66. The fourth-order valence-corrected chi connectivity index (χ4v) is 4.14. The Morgan fingerprint density at radius 2 is 0.808 bits per heavy atom. The first-order chi connectivity index (χ1) is 12.8. The number of rotatable bonds is 22. The molecule has 0 aromatic rings. The average molecular weight is 366 g/mol. The molecule has 0 aromatic heterocycles. The van der Waals surface area contributed by atoms with Gasteiger partial charge >= 0.3 is 0 Å². The minimum atomic E-state index is 0.980. The van der Waals surface area contributed by atoms with Crippen molar-refractivity contribution in [3.8, 4) is 0 Å². The van der Waals surface area contributed by atoms with Crippen LogP contribution < -0.4 is 0 Å². The lowest BCUT2D eigenvalue weighted by atomic mass is 9.93. The van der Waals surface area contributed by atoms with E-state index in [1.807, 2.05) is 0 Å². The Morgan fingerprint density at radius 1 is 0.462 bits per heavy atom. The topological polar surface area (TPSA) is 0 Å². The third-order valence-corrected chi connectivity index (χ3v) is 6.16. The molecule has 0 aliphatic rings. The molecule has 0 nitrogen and oxygen atoms in total. The van der Waals surface area contributed by atoms with E-state index in [9.17, 15) is 0 Å². The van der Waals surface area contributed by atoms with Crippen LogP contribution in [-0.2, 0) is 0 Å². The van der Waals surface area contributed by atoms with Crippen molar-refractivity contribution in [1.29, 1.82) is 0 Å². The summed E-state index contributed by atoms with van der Waals surface area (Å²) in [6.45, 7) is 8.64. The van der Waals surface area contributed by atoms with Gasteiger partial charge in [-0.3, -0.25) is 0 Å². The monoisotopic (exact) mass is 365 g/mol. The van der Waals surface area contributed by atoms with Crippen molar-refractivity contribution in [2.45, 2.75) is 155 Å². The first kappa shape index (κ1) is 26.0. The third-order valence-electron chi connectivity index (χ3n) is 6.16. The normalized spacial score (nSPS) is 12.6. The lowest BCUT2D eigenvalue weighted by Gasteiger charge is -2.13. The Hall–Kier alpha value is 0. The van der Waals surface area contributed by atoms with Crippen LogP contribution in [0.25, 0.3) is 0 Å². The Bertz CT molecular complexity index is 232. The van der Waals surface area contributed by atoms with Gasteiger partial charge in [0.25, 0.3) is 0 Å². The molecule has 0 amide bonds. The van der Waals surface area contributed by atoms with E-state index in [0.29, 0.717) is 0 Å². The molecular formula is C26H53. The standard InChI is InChI=1S/C26H53/c1-4-7-9-10-11-12-13-14-15-16-17-18-19-20-21-22-23-25-26(6-3)24-8-5-2/h26H,2,4-25H2,1,3H3. The molecule has 0 aromatic carbocycles. The molecule has 0 aliphatic heterocycles. The summed E-state index contributed by atoms with van der Waals surface area (Å²) in [7, 11) is 0. The van der Waals surface area contributed by atoms with E-state index in [-0.39, 0.29) is 0 Å². The third kappa shape index (κ3) is 20.3. The molecule has 0 spiro atoms. The van der Waals surface area contributed by atoms with Crippen LogP contribution in [0, 0.1) is 12.8 Å². The second-order valence-electron chi connectivity index (χ2n) is 8.72. The maximum absolute atomic E-state index is 3.97. The van der Waals surface area contributed by atoms with Crippen molar-refractivity contribution in [2.75, 3.05) is 0 Å². The summed E-state index contributed by atoms with van der Waals surface area (Å²) < 4.78 is 0. The quantitative estimate of drug-likeness (QED) is 0.167. The second-order valence-corrected chi connectivity index (χ2v) is 8.72. The van der Waals surface area contributed by atoms with Crippen molar-refractivity contribution in [2.24, 2.45) is 5.92 Å². The molecule has 0 saturated carbocycles. The fourth-order valence-electron chi connectivity index (χ4n) is 4.14. The predicted octanol–water partition coefficient (Wildman–Crippen LogP) is 10.1. The van der Waals surface area contributed by atoms with E-state index in [4.69, 9.17) is 0 Å². The van der Waals surface area contributed by atoms with Crippen LogP contribution in [0.2, 0.25) is 0 Å². The lowest BCUT2D eigenvalue weighted by molar-refractivity contribution is 0.402. The highest BCUT2D eigenvalue weighted by Crippen LogP contribution is 2.20. The van der Waals surface area contributed by atoms with Crippen LogP contribution in [0.5, 0.6) is 0 Å². The van der Waals surface area contributed by atoms with Crippen molar-refractivity contribution < 1.29 is 0 Å². The van der Waals surface area contributed by atoms with Gasteiger partial charge in [0, 0.05) is 0 Å². The molecule has 26 heavy (non-hydrogen) atoms. The smallest absolute Gasteiger partial charge is 0.0417 e. The van der Waals surface area contributed by atoms with Crippen LogP contribution in [-0.4, -0.2) is 0 Å². The summed E-state index contributed by atoms with van der Waals surface area (Å²) in [5.74, 6) is 0.980. The first-order valence-electron chi connectivity index (χ1n) is 12.6. The van der Waals surface area contributed by atoms with Crippen LogP contribution in [0.15, 0.2) is 0 Å². The minimum absolute atomic E-state index is 0.980. The van der Waals surface area contributed by atoms with Gasteiger partial charge in [0.05, 0.1) is 0 Å². The van der Waals surface area contributed by atoms with Gasteiger partial charge in [0.2, 0.25) is 0 Å². The molecule has 157 valence electrons. The highest BCUT2D eigenvalue weighted by molar-refractivity contribution is 4.59. The highest BCUT2D eigenvalue weighted by Gasteiger charge is 2.05. The Labute approximate surface area is 168 Å². The van der Waals surface area contributed by atoms with E-state index >= 15 is 0 Å². The molecule has 0 aliphatic carbocycles. The van der Waals surface area contributed by atoms with Crippen molar-refractivity contribution in [1.82, 2.24) is 0 Å². The van der Waals surface area contributed by atoms with E-state index in [1.165, 1.54) is 135 Å². The summed E-state index contributed by atoms with van der Waals surface area (Å²) in [6.07, 6.45) is 31.7. The van der Waals surface area contributed by atoms with Crippen LogP contribution in [0.4, 0.5) is 0 Å². The van der Waals surface area contributed by atoms with Crippen molar-refractivity contribution in [3.05, 3.63) is 6.92 Å². The molecule has 0 heteroatoms. The lowest BCUT2D eigenvalue weighted by Crippen LogP contribution is -1.98. The van der Waals surface area contributed by atoms with Gasteiger partial charge in [0.15, 0.2) is 0 Å². The van der Waals surface area contributed by atoms with Gasteiger partial charge in [-0.25, -0.2) is 0 Å². The molecule has 1 radical (unpaired) electrons. The highest BCUT2D eigenvalue weighted by atomic mass is 14.1. The molecule has 1 unspecified atom stereocenters. The molecule has 0 saturated heterocycles. The molecular weight excluding hydrogens is 312 g/mol. The molecule has 0 N–H and O–H groups in total. The maximum atomic E-state index is 3.97. The van der Waals surface area contributed by atoms with Gasteiger partial charge in [-0.2, -0.15) is 0 Å². The van der Waals surface area contributed by atoms with Crippen LogP contribution >= 0.6 is 0 Å². The molecule has 0 heterocycles.